The Morgan fingerprint density at radius 3 is 2.55 bits per heavy atom. The molecule has 0 radical (unpaired) electrons. The number of ether oxygens (including phenoxy) is 1. The number of fused-ring (bicyclic) bond motifs is 1. The van der Waals surface area contributed by atoms with Crippen molar-refractivity contribution in [3.63, 3.8) is 0 Å². The van der Waals surface area contributed by atoms with Crippen LogP contribution < -0.4 is 5.32 Å². The molecular formula is C24H27N3O2S2. The first-order chi connectivity index (χ1) is 15.0. The number of nitrogens with one attached hydrogen (secondary N) is 1. The number of thiophene rings is 1. The molecule has 1 aliphatic rings. The maximum Gasteiger partial charge on any atom is 0.341 e. The molecule has 0 atom stereocenters. The first-order valence-corrected chi connectivity index (χ1v) is 11.6. The number of anilines is 1. The number of carbonyl (C=O) groups is 1. The van der Waals surface area contributed by atoms with Gasteiger partial charge in [0.05, 0.1) is 12.7 Å². The number of piperazine rings is 1. The monoisotopic (exact) mass is 453 g/mol. The number of benzene rings is 2. The van der Waals surface area contributed by atoms with Crippen LogP contribution >= 0.6 is 23.6 Å². The normalized spacial score (nSPS) is 14.6. The Balaban J connectivity index is 1.38. The van der Waals surface area contributed by atoms with E-state index >= 15 is 0 Å². The number of aryl methyl sites for hydroxylation is 1. The van der Waals surface area contributed by atoms with Crippen molar-refractivity contribution in [1.29, 1.82) is 0 Å². The highest BCUT2D eigenvalue weighted by Gasteiger charge is 2.24. The van der Waals surface area contributed by atoms with Gasteiger partial charge >= 0.3 is 5.97 Å². The van der Waals surface area contributed by atoms with Crippen LogP contribution in [-0.4, -0.2) is 54.2 Å². The van der Waals surface area contributed by atoms with Crippen LogP contribution in [-0.2, 0) is 11.3 Å². The highest BCUT2D eigenvalue weighted by atomic mass is 32.1. The summed E-state index contributed by atoms with van der Waals surface area (Å²) in [4.78, 5) is 18.0. The number of hydrogen-bond acceptors (Lipinski definition) is 5. The van der Waals surface area contributed by atoms with Gasteiger partial charge in [-0.2, -0.15) is 0 Å². The largest absolute Gasteiger partial charge is 0.465 e. The molecule has 3 aromatic rings. The van der Waals surface area contributed by atoms with Gasteiger partial charge in [0.1, 0.15) is 5.00 Å². The van der Waals surface area contributed by atoms with Gasteiger partial charge < -0.3 is 15.0 Å². The van der Waals surface area contributed by atoms with Crippen LogP contribution in [0.3, 0.4) is 0 Å². The van der Waals surface area contributed by atoms with E-state index in [9.17, 15) is 4.79 Å². The maximum absolute atomic E-state index is 12.2. The third-order valence-corrected chi connectivity index (χ3v) is 7.41. The van der Waals surface area contributed by atoms with E-state index in [2.05, 4.69) is 57.6 Å². The quantitative estimate of drug-likeness (QED) is 0.451. The van der Waals surface area contributed by atoms with Crippen molar-refractivity contribution in [2.75, 3.05) is 38.6 Å². The van der Waals surface area contributed by atoms with E-state index in [-0.39, 0.29) is 5.97 Å². The summed E-state index contributed by atoms with van der Waals surface area (Å²) in [5.74, 6) is -0.327. The summed E-state index contributed by atoms with van der Waals surface area (Å²) in [6.45, 7) is 8.48. The van der Waals surface area contributed by atoms with Crippen LogP contribution in [0.2, 0.25) is 0 Å². The number of hydrogen-bond donors (Lipinski definition) is 1. The highest BCUT2D eigenvalue weighted by molar-refractivity contribution is 7.80. The van der Waals surface area contributed by atoms with E-state index in [0.717, 1.165) is 48.2 Å². The fourth-order valence-corrected chi connectivity index (χ4v) is 5.42. The SMILES string of the molecule is COC(=O)c1c(NC(=S)N2CCN(Cc3cccc4ccccc34)CC2)sc(C)c1C. The fraction of sp³-hybridized carbons (Fsp3) is 0.333. The molecule has 1 fully saturated rings. The van der Waals surface area contributed by atoms with E-state index in [1.165, 1.54) is 23.4 Å². The number of nitrogens with zero attached hydrogens (tertiary/aromatic N) is 2. The van der Waals surface area contributed by atoms with Crippen molar-refractivity contribution < 1.29 is 9.53 Å². The average Bonchev–Trinajstić information content (AvgIpc) is 3.06. The van der Waals surface area contributed by atoms with Gasteiger partial charge in [0.25, 0.3) is 0 Å². The van der Waals surface area contributed by atoms with Gasteiger partial charge in [-0.1, -0.05) is 42.5 Å². The van der Waals surface area contributed by atoms with Crippen LogP contribution in [0.1, 0.15) is 26.4 Å². The van der Waals surface area contributed by atoms with Crippen LogP contribution in [0.5, 0.6) is 0 Å². The third kappa shape index (κ3) is 4.59. The second-order valence-corrected chi connectivity index (χ2v) is 9.42. The van der Waals surface area contributed by atoms with Gasteiger partial charge in [0.2, 0.25) is 0 Å². The van der Waals surface area contributed by atoms with Gasteiger partial charge in [-0.15, -0.1) is 11.3 Å². The standard InChI is InChI=1S/C24H27N3O2S2/c1-16-17(2)31-22(21(16)23(28)29-3)25-24(30)27-13-11-26(12-14-27)15-19-9-6-8-18-7-4-5-10-20(18)19/h4-10H,11-15H2,1-3H3,(H,25,30). The van der Waals surface area contributed by atoms with Gasteiger partial charge in [-0.3, -0.25) is 4.90 Å². The summed E-state index contributed by atoms with van der Waals surface area (Å²) in [7, 11) is 1.41. The lowest BCUT2D eigenvalue weighted by Gasteiger charge is -2.36. The zero-order valence-corrected chi connectivity index (χ0v) is 19.7. The zero-order chi connectivity index (χ0) is 22.0. The Bertz CT molecular complexity index is 1110. The average molecular weight is 454 g/mol. The Kier molecular flexibility index (Phi) is 6.55. The molecule has 31 heavy (non-hydrogen) atoms. The molecule has 0 saturated carbocycles. The van der Waals surface area contributed by atoms with Gasteiger partial charge in [0.15, 0.2) is 5.11 Å². The van der Waals surface area contributed by atoms with E-state index in [4.69, 9.17) is 17.0 Å². The minimum absolute atomic E-state index is 0.327. The topological polar surface area (TPSA) is 44.8 Å². The van der Waals surface area contributed by atoms with E-state index in [1.54, 1.807) is 11.3 Å². The number of esters is 1. The summed E-state index contributed by atoms with van der Waals surface area (Å²) in [6.07, 6.45) is 0. The smallest absolute Gasteiger partial charge is 0.341 e. The van der Waals surface area contributed by atoms with Gasteiger partial charge in [0, 0.05) is 37.6 Å². The minimum Gasteiger partial charge on any atom is -0.465 e. The molecule has 7 heteroatoms. The molecule has 0 bridgehead atoms. The number of rotatable bonds is 4. The van der Waals surface area contributed by atoms with Gasteiger partial charge in [-0.05, 0) is 48.0 Å². The molecule has 162 valence electrons. The first kappa shape index (κ1) is 21.7. The highest BCUT2D eigenvalue weighted by Crippen LogP contribution is 2.33. The summed E-state index contributed by atoms with van der Waals surface area (Å²) in [6, 6.07) is 15.1. The summed E-state index contributed by atoms with van der Waals surface area (Å²) in [5, 5.41) is 7.34. The molecule has 1 saturated heterocycles. The van der Waals surface area contributed by atoms with Crippen LogP contribution in [0.25, 0.3) is 10.8 Å². The van der Waals surface area contributed by atoms with Crippen molar-refractivity contribution >= 4 is 50.4 Å². The molecule has 1 aromatic heterocycles. The van der Waals surface area contributed by atoms with Gasteiger partial charge in [-0.25, -0.2) is 4.79 Å². The fourth-order valence-electron chi connectivity index (χ4n) is 4.02. The van der Waals surface area contributed by atoms with Crippen molar-refractivity contribution in [3.8, 4) is 0 Å². The molecule has 1 aliphatic heterocycles. The lowest BCUT2D eigenvalue weighted by Crippen LogP contribution is -2.49. The Hall–Kier alpha value is -2.48. The molecule has 5 nitrogen and oxygen atoms in total. The van der Waals surface area contributed by atoms with Crippen molar-refractivity contribution in [2.45, 2.75) is 20.4 Å². The lowest BCUT2D eigenvalue weighted by atomic mass is 10.0. The van der Waals surface area contributed by atoms with Crippen molar-refractivity contribution in [3.05, 3.63) is 64.0 Å². The van der Waals surface area contributed by atoms with E-state index < -0.39 is 0 Å². The Morgan fingerprint density at radius 1 is 1.10 bits per heavy atom. The molecular weight excluding hydrogens is 426 g/mol. The molecule has 1 N–H and O–H groups in total. The molecule has 4 rings (SSSR count). The second kappa shape index (κ2) is 9.34. The van der Waals surface area contributed by atoms with E-state index in [0.29, 0.717) is 10.7 Å². The molecule has 0 spiro atoms. The number of thiocarbonyl (C=S) groups is 1. The predicted octanol–water partition coefficient (Wildman–Crippen LogP) is 4.82. The molecule has 2 aromatic carbocycles. The molecule has 0 unspecified atom stereocenters. The lowest BCUT2D eigenvalue weighted by molar-refractivity contribution is 0.0601. The predicted molar refractivity (Wildman–Crippen MR) is 132 cm³/mol. The summed E-state index contributed by atoms with van der Waals surface area (Å²) < 4.78 is 4.96. The second-order valence-electron chi connectivity index (χ2n) is 7.81. The summed E-state index contributed by atoms with van der Waals surface area (Å²) in [5.41, 5.74) is 2.89. The Morgan fingerprint density at radius 2 is 1.81 bits per heavy atom. The molecule has 0 aliphatic carbocycles. The van der Waals surface area contributed by atoms with E-state index in [1.807, 2.05) is 13.8 Å². The summed E-state index contributed by atoms with van der Waals surface area (Å²) >= 11 is 7.22. The molecule has 0 amide bonds. The first-order valence-electron chi connectivity index (χ1n) is 10.4. The Labute approximate surface area is 192 Å². The van der Waals surface area contributed by atoms with Crippen LogP contribution in [0.15, 0.2) is 42.5 Å². The minimum atomic E-state index is -0.327. The zero-order valence-electron chi connectivity index (χ0n) is 18.1. The molecule has 2 heterocycles. The third-order valence-electron chi connectivity index (χ3n) is 5.93. The number of carbonyl (C=O) groups excluding carboxylic acids is 1. The number of methoxy groups -OCH3 is 1. The van der Waals surface area contributed by atoms with Crippen molar-refractivity contribution in [2.24, 2.45) is 0 Å². The van der Waals surface area contributed by atoms with Crippen LogP contribution in [0, 0.1) is 13.8 Å². The van der Waals surface area contributed by atoms with Crippen molar-refractivity contribution in [1.82, 2.24) is 9.80 Å². The maximum atomic E-state index is 12.2. The van der Waals surface area contributed by atoms with Crippen LogP contribution in [0.4, 0.5) is 5.00 Å².